The Hall–Kier alpha value is -1.46. The van der Waals surface area contributed by atoms with Crippen LogP contribution in [0.1, 0.15) is 31.2 Å². The van der Waals surface area contributed by atoms with E-state index in [1.54, 1.807) is 6.07 Å². The molecule has 0 bridgehead atoms. The normalized spacial score (nSPS) is 30.5. The highest BCUT2D eigenvalue weighted by Crippen LogP contribution is 2.35. The quantitative estimate of drug-likeness (QED) is 0.852. The number of carbonyl (C=O) groups excluding carboxylic acids is 1. The van der Waals surface area contributed by atoms with Crippen molar-refractivity contribution in [2.24, 2.45) is 5.92 Å². The molecule has 24 heavy (non-hydrogen) atoms. The fourth-order valence-corrected chi connectivity index (χ4v) is 4.31. The molecule has 0 saturated carbocycles. The van der Waals surface area contributed by atoms with E-state index < -0.39 is 0 Å². The summed E-state index contributed by atoms with van der Waals surface area (Å²) in [4.78, 5) is 16.8. The Bertz CT molecular complexity index is 603. The molecular formula is C19H25FN2O2. The number of halogens is 1. The molecule has 0 N–H and O–H groups in total. The van der Waals surface area contributed by atoms with Crippen LogP contribution in [0, 0.1) is 11.7 Å². The van der Waals surface area contributed by atoms with Crippen LogP contribution < -0.4 is 0 Å². The minimum Gasteiger partial charge on any atom is -0.364 e. The van der Waals surface area contributed by atoms with E-state index in [1.165, 1.54) is 6.07 Å². The first-order valence-electron chi connectivity index (χ1n) is 9.11. The van der Waals surface area contributed by atoms with Gasteiger partial charge >= 0.3 is 0 Å². The third-order valence-electron chi connectivity index (χ3n) is 5.68. The van der Waals surface area contributed by atoms with Gasteiger partial charge in [-0.05, 0) is 44.2 Å². The van der Waals surface area contributed by atoms with Crippen molar-refractivity contribution in [2.75, 3.05) is 26.2 Å². The maximum absolute atomic E-state index is 13.8. The lowest BCUT2D eigenvalue weighted by Gasteiger charge is -2.34. The number of likely N-dealkylation sites (tertiary alicyclic amines) is 2. The topological polar surface area (TPSA) is 32.8 Å². The molecule has 0 spiro atoms. The van der Waals surface area contributed by atoms with Crippen molar-refractivity contribution in [3.8, 4) is 0 Å². The summed E-state index contributed by atoms with van der Waals surface area (Å²) in [6, 6.07) is 6.96. The van der Waals surface area contributed by atoms with Gasteiger partial charge in [-0.25, -0.2) is 4.39 Å². The van der Waals surface area contributed by atoms with Crippen LogP contribution in [0.2, 0.25) is 0 Å². The van der Waals surface area contributed by atoms with E-state index in [1.807, 2.05) is 17.0 Å². The zero-order valence-corrected chi connectivity index (χ0v) is 14.0. The summed E-state index contributed by atoms with van der Waals surface area (Å²) in [5.41, 5.74) is 0.735. The average molecular weight is 332 g/mol. The average Bonchev–Trinajstić information content (AvgIpc) is 3.25. The fourth-order valence-electron chi connectivity index (χ4n) is 4.31. The molecule has 3 aliphatic heterocycles. The summed E-state index contributed by atoms with van der Waals surface area (Å²) in [5, 5.41) is 0. The third-order valence-corrected chi connectivity index (χ3v) is 5.68. The highest BCUT2D eigenvalue weighted by Gasteiger charge is 2.43. The molecule has 3 atom stereocenters. The molecule has 4 nitrogen and oxygen atoms in total. The number of carbonyl (C=O) groups is 1. The lowest BCUT2D eigenvalue weighted by Crippen LogP contribution is -2.42. The molecule has 3 fully saturated rings. The Labute approximate surface area is 142 Å². The number of hydrogen-bond donors (Lipinski definition) is 0. The third kappa shape index (κ3) is 3.20. The molecule has 3 aliphatic rings. The number of hydrogen-bond acceptors (Lipinski definition) is 3. The molecule has 0 unspecified atom stereocenters. The Kier molecular flexibility index (Phi) is 4.55. The molecular weight excluding hydrogens is 307 g/mol. The molecule has 5 heteroatoms. The molecule has 130 valence electrons. The number of piperidine rings is 1. The van der Waals surface area contributed by atoms with Crippen LogP contribution in [-0.2, 0) is 16.1 Å². The van der Waals surface area contributed by atoms with E-state index in [0.29, 0.717) is 12.5 Å². The summed E-state index contributed by atoms with van der Waals surface area (Å²) in [7, 11) is 0. The van der Waals surface area contributed by atoms with E-state index in [0.717, 1.165) is 57.4 Å². The molecule has 3 saturated heterocycles. The summed E-state index contributed by atoms with van der Waals surface area (Å²) in [6.45, 7) is 4.12. The van der Waals surface area contributed by atoms with Gasteiger partial charge in [-0.15, -0.1) is 0 Å². The summed E-state index contributed by atoms with van der Waals surface area (Å²) >= 11 is 0. The standard InChI is InChI=1S/C19H25FN2O2/c20-16-6-2-1-5-15(16)12-21-10-7-14-11-17(24-18(14)13-21)19(23)22-8-3-4-9-22/h1-2,5-6,14,17-18H,3-4,7-13H2/t14-,17+,18-/m1/s1. The lowest BCUT2D eigenvalue weighted by atomic mass is 9.91. The Balaban J connectivity index is 1.35. The second-order valence-corrected chi connectivity index (χ2v) is 7.31. The SMILES string of the molecule is O=C([C@@H]1C[C@H]2CCN(Cc3ccccc3F)C[C@H]2O1)N1CCCC1. The maximum Gasteiger partial charge on any atom is 0.251 e. The first-order chi connectivity index (χ1) is 11.7. The Morgan fingerprint density at radius 1 is 1.21 bits per heavy atom. The van der Waals surface area contributed by atoms with Gasteiger partial charge < -0.3 is 9.64 Å². The second kappa shape index (κ2) is 6.81. The van der Waals surface area contributed by atoms with Gasteiger partial charge in [0, 0.05) is 31.7 Å². The summed E-state index contributed by atoms with van der Waals surface area (Å²) in [6.07, 6.45) is 3.97. The van der Waals surface area contributed by atoms with Gasteiger partial charge in [0.25, 0.3) is 5.91 Å². The van der Waals surface area contributed by atoms with Gasteiger partial charge in [0.1, 0.15) is 11.9 Å². The first kappa shape index (κ1) is 16.0. The zero-order valence-electron chi connectivity index (χ0n) is 14.0. The van der Waals surface area contributed by atoms with Crippen LogP contribution in [0.3, 0.4) is 0 Å². The zero-order chi connectivity index (χ0) is 16.5. The largest absolute Gasteiger partial charge is 0.364 e. The van der Waals surface area contributed by atoms with Crippen LogP contribution >= 0.6 is 0 Å². The van der Waals surface area contributed by atoms with Gasteiger partial charge in [0.15, 0.2) is 0 Å². The van der Waals surface area contributed by atoms with E-state index in [2.05, 4.69) is 4.90 Å². The number of ether oxygens (including phenoxy) is 1. The van der Waals surface area contributed by atoms with Gasteiger partial charge in [-0.2, -0.15) is 0 Å². The van der Waals surface area contributed by atoms with Crippen molar-refractivity contribution in [3.05, 3.63) is 35.6 Å². The van der Waals surface area contributed by atoms with E-state index >= 15 is 0 Å². The van der Waals surface area contributed by atoms with Crippen molar-refractivity contribution >= 4 is 5.91 Å². The van der Waals surface area contributed by atoms with Gasteiger partial charge in [0.05, 0.1) is 6.10 Å². The number of benzene rings is 1. The predicted molar refractivity (Wildman–Crippen MR) is 88.9 cm³/mol. The predicted octanol–water partition coefficient (Wildman–Crippen LogP) is 2.43. The number of fused-ring (bicyclic) bond motifs is 1. The van der Waals surface area contributed by atoms with Crippen molar-refractivity contribution in [2.45, 2.75) is 44.4 Å². The van der Waals surface area contributed by atoms with Crippen molar-refractivity contribution in [1.82, 2.24) is 9.80 Å². The number of amides is 1. The van der Waals surface area contributed by atoms with Gasteiger partial charge in [0.2, 0.25) is 0 Å². The van der Waals surface area contributed by atoms with Crippen LogP contribution in [-0.4, -0.2) is 54.1 Å². The minimum absolute atomic E-state index is 0.113. The number of nitrogens with zero attached hydrogens (tertiary/aromatic N) is 2. The van der Waals surface area contributed by atoms with E-state index in [9.17, 15) is 9.18 Å². The van der Waals surface area contributed by atoms with Gasteiger partial charge in [-0.1, -0.05) is 18.2 Å². The molecule has 4 rings (SSSR count). The Morgan fingerprint density at radius 3 is 2.79 bits per heavy atom. The highest BCUT2D eigenvalue weighted by atomic mass is 19.1. The molecule has 0 radical (unpaired) electrons. The van der Waals surface area contributed by atoms with Crippen LogP contribution in [0.25, 0.3) is 0 Å². The van der Waals surface area contributed by atoms with E-state index in [4.69, 9.17) is 4.74 Å². The van der Waals surface area contributed by atoms with Crippen molar-refractivity contribution in [3.63, 3.8) is 0 Å². The monoisotopic (exact) mass is 332 g/mol. The lowest BCUT2D eigenvalue weighted by molar-refractivity contribution is -0.142. The highest BCUT2D eigenvalue weighted by molar-refractivity contribution is 5.81. The van der Waals surface area contributed by atoms with Crippen molar-refractivity contribution in [1.29, 1.82) is 0 Å². The fraction of sp³-hybridized carbons (Fsp3) is 0.632. The second-order valence-electron chi connectivity index (χ2n) is 7.31. The van der Waals surface area contributed by atoms with Crippen LogP contribution in [0.4, 0.5) is 4.39 Å². The van der Waals surface area contributed by atoms with Gasteiger partial charge in [-0.3, -0.25) is 9.69 Å². The molecule has 1 aromatic rings. The van der Waals surface area contributed by atoms with Crippen LogP contribution in [0.5, 0.6) is 0 Å². The molecule has 1 aromatic carbocycles. The first-order valence-corrected chi connectivity index (χ1v) is 9.11. The molecule has 1 amide bonds. The smallest absolute Gasteiger partial charge is 0.251 e. The molecule has 0 aliphatic carbocycles. The van der Waals surface area contributed by atoms with E-state index in [-0.39, 0.29) is 23.9 Å². The summed E-state index contributed by atoms with van der Waals surface area (Å²) < 4.78 is 20.0. The number of rotatable bonds is 3. The van der Waals surface area contributed by atoms with Crippen LogP contribution in [0.15, 0.2) is 24.3 Å². The van der Waals surface area contributed by atoms with Crippen molar-refractivity contribution < 1.29 is 13.9 Å². The Morgan fingerprint density at radius 2 is 2.00 bits per heavy atom. The maximum atomic E-state index is 13.8. The molecule has 0 aromatic heterocycles. The molecule has 3 heterocycles. The minimum atomic E-state index is -0.258. The summed E-state index contributed by atoms with van der Waals surface area (Å²) in [5.74, 6) is 0.509.